The fraction of sp³-hybridized carbons (Fsp3) is 0.565. The van der Waals surface area contributed by atoms with Crippen LogP contribution in [0.1, 0.15) is 86.5 Å². The molecule has 35 heavy (non-hydrogen) atoms. The Morgan fingerprint density at radius 2 is 1.83 bits per heavy atom. The van der Waals surface area contributed by atoms with Gasteiger partial charge in [-0.2, -0.15) is 18.3 Å². The van der Waals surface area contributed by atoms with Crippen LogP contribution in [0, 0.1) is 5.82 Å². The first kappa shape index (κ1) is 27.1. The number of aromatic nitrogens is 2. The number of carbonyl (C=O) groups excluding carboxylic acids is 1. The molecule has 0 aliphatic heterocycles. The molecule has 1 aliphatic rings. The number of nitrogens with zero attached hydrogens (tertiary/aromatic N) is 2. The van der Waals surface area contributed by atoms with E-state index in [0.29, 0.717) is 5.56 Å². The van der Waals surface area contributed by atoms with Crippen molar-refractivity contribution in [1.29, 1.82) is 0 Å². The van der Waals surface area contributed by atoms with Crippen molar-refractivity contribution in [3.8, 4) is 0 Å². The van der Waals surface area contributed by atoms with Gasteiger partial charge in [-0.05, 0) is 44.4 Å². The Balaban J connectivity index is 1.72. The van der Waals surface area contributed by atoms with Crippen LogP contribution in [0.15, 0.2) is 24.3 Å². The highest BCUT2D eigenvalue weighted by molar-refractivity contribution is 7.88. The third kappa shape index (κ3) is 7.03. The zero-order chi connectivity index (χ0) is 26.0. The van der Waals surface area contributed by atoms with Crippen molar-refractivity contribution in [2.24, 2.45) is 0 Å². The maximum absolute atomic E-state index is 14.6. The average molecular weight is 519 g/mol. The molecule has 0 radical (unpaired) electrons. The number of hydrogen-bond donors (Lipinski definition) is 2. The van der Waals surface area contributed by atoms with Crippen LogP contribution in [0.5, 0.6) is 0 Å². The van der Waals surface area contributed by atoms with Crippen LogP contribution in [0.3, 0.4) is 0 Å². The van der Waals surface area contributed by atoms with Gasteiger partial charge in [-0.1, -0.05) is 31.4 Å². The number of nitrogens with one attached hydrogen (secondary N) is 2. The van der Waals surface area contributed by atoms with E-state index in [1.165, 1.54) is 23.7 Å². The highest BCUT2D eigenvalue weighted by Gasteiger charge is 2.36. The van der Waals surface area contributed by atoms with E-state index in [1.807, 2.05) is 0 Å². The molecule has 1 amide bonds. The highest BCUT2D eigenvalue weighted by atomic mass is 32.2. The molecule has 0 spiro atoms. The molecular weight excluding hydrogens is 488 g/mol. The molecule has 1 fully saturated rings. The molecule has 12 heteroatoms. The largest absolute Gasteiger partial charge is 0.435 e. The van der Waals surface area contributed by atoms with Crippen LogP contribution in [0.4, 0.5) is 17.6 Å². The first-order valence-electron chi connectivity index (χ1n) is 11.5. The summed E-state index contributed by atoms with van der Waals surface area (Å²) in [4.78, 5) is 12.7. The molecule has 2 unspecified atom stereocenters. The lowest BCUT2D eigenvalue weighted by Gasteiger charge is -2.24. The Kier molecular flexibility index (Phi) is 8.25. The average Bonchev–Trinajstić information content (AvgIpc) is 3.21. The molecular formula is C23H30F4N4O3S. The lowest BCUT2D eigenvalue weighted by Crippen LogP contribution is -2.29. The van der Waals surface area contributed by atoms with Crippen molar-refractivity contribution < 1.29 is 30.8 Å². The number of alkyl halides is 3. The fourth-order valence-electron chi connectivity index (χ4n) is 4.38. The van der Waals surface area contributed by atoms with E-state index in [0.717, 1.165) is 50.5 Å². The predicted octanol–water partition coefficient (Wildman–Crippen LogP) is 4.58. The van der Waals surface area contributed by atoms with Gasteiger partial charge in [-0.3, -0.25) is 9.48 Å². The Hall–Kier alpha value is -2.47. The molecule has 1 aliphatic carbocycles. The molecule has 1 heterocycles. The van der Waals surface area contributed by atoms with Crippen LogP contribution in [-0.4, -0.2) is 30.4 Å². The van der Waals surface area contributed by atoms with Gasteiger partial charge in [0.05, 0.1) is 30.5 Å². The smallest absolute Gasteiger partial charge is 0.350 e. The SMILES string of the molecule is CC(NS(C)(=O)=O)c1ccc(C(C)C(=O)NCc2cc(C(F)(F)F)nn2C2CCCCC2)cc1F. The molecule has 2 N–H and O–H groups in total. The number of carbonyl (C=O) groups is 1. The molecule has 7 nitrogen and oxygen atoms in total. The molecule has 0 saturated heterocycles. The topological polar surface area (TPSA) is 93.1 Å². The normalized spacial score (nSPS) is 17.2. The van der Waals surface area contributed by atoms with Gasteiger partial charge < -0.3 is 5.32 Å². The van der Waals surface area contributed by atoms with E-state index in [4.69, 9.17) is 0 Å². The first-order valence-corrected chi connectivity index (χ1v) is 13.4. The van der Waals surface area contributed by atoms with Crippen molar-refractivity contribution in [2.45, 2.75) is 76.7 Å². The van der Waals surface area contributed by atoms with Crippen LogP contribution in [0.2, 0.25) is 0 Å². The zero-order valence-electron chi connectivity index (χ0n) is 19.8. The minimum absolute atomic E-state index is 0.128. The van der Waals surface area contributed by atoms with Crippen LogP contribution in [0.25, 0.3) is 0 Å². The zero-order valence-corrected chi connectivity index (χ0v) is 20.6. The van der Waals surface area contributed by atoms with E-state index in [-0.39, 0.29) is 23.8 Å². The second-order valence-corrected chi connectivity index (χ2v) is 10.9. The Morgan fingerprint density at radius 3 is 2.40 bits per heavy atom. The third-order valence-electron chi connectivity index (χ3n) is 6.24. The number of hydrogen-bond acceptors (Lipinski definition) is 4. The van der Waals surface area contributed by atoms with E-state index in [9.17, 15) is 30.8 Å². The van der Waals surface area contributed by atoms with Gasteiger partial charge in [0.15, 0.2) is 5.69 Å². The number of rotatable bonds is 8. The summed E-state index contributed by atoms with van der Waals surface area (Å²) in [6, 6.07) is 4.11. The Morgan fingerprint density at radius 1 is 1.17 bits per heavy atom. The summed E-state index contributed by atoms with van der Waals surface area (Å²) in [7, 11) is -3.54. The van der Waals surface area contributed by atoms with Crippen LogP contribution in [-0.2, 0) is 27.5 Å². The van der Waals surface area contributed by atoms with Crippen molar-refractivity contribution in [3.05, 3.63) is 52.6 Å². The van der Waals surface area contributed by atoms with E-state index in [2.05, 4.69) is 15.1 Å². The van der Waals surface area contributed by atoms with Crippen molar-refractivity contribution in [3.63, 3.8) is 0 Å². The number of amides is 1. The summed E-state index contributed by atoms with van der Waals surface area (Å²) in [5.41, 5.74) is -0.239. The van der Waals surface area contributed by atoms with Crippen LogP contribution >= 0.6 is 0 Å². The molecule has 3 rings (SSSR count). The van der Waals surface area contributed by atoms with Crippen LogP contribution < -0.4 is 10.0 Å². The number of benzene rings is 1. The summed E-state index contributed by atoms with van der Waals surface area (Å²) in [5, 5.41) is 6.44. The minimum atomic E-state index is -4.59. The fourth-order valence-corrected chi connectivity index (χ4v) is 5.15. The second kappa shape index (κ2) is 10.7. The Labute approximate surface area is 202 Å². The van der Waals surface area contributed by atoms with Gasteiger partial charge >= 0.3 is 6.18 Å². The summed E-state index contributed by atoms with van der Waals surface area (Å²) in [6.45, 7) is 2.92. The van der Waals surface area contributed by atoms with E-state index in [1.54, 1.807) is 6.92 Å². The van der Waals surface area contributed by atoms with E-state index >= 15 is 0 Å². The summed E-state index contributed by atoms with van der Waals surface area (Å²) >= 11 is 0. The summed E-state index contributed by atoms with van der Waals surface area (Å²) < 4.78 is 81.0. The highest BCUT2D eigenvalue weighted by Crippen LogP contribution is 2.33. The Bertz CT molecular complexity index is 1160. The first-order chi connectivity index (χ1) is 16.3. The maximum Gasteiger partial charge on any atom is 0.435 e. The lowest BCUT2D eigenvalue weighted by atomic mass is 9.95. The third-order valence-corrected chi connectivity index (χ3v) is 7.02. The van der Waals surface area contributed by atoms with Crippen molar-refractivity contribution in [1.82, 2.24) is 19.8 Å². The van der Waals surface area contributed by atoms with Crippen molar-refractivity contribution >= 4 is 15.9 Å². The molecule has 1 saturated carbocycles. The van der Waals surface area contributed by atoms with Gasteiger partial charge in [-0.15, -0.1) is 0 Å². The maximum atomic E-state index is 14.6. The number of sulfonamides is 1. The van der Waals surface area contributed by atoms with Gasteiger partial charge in [-0.25, -0.2) is 17.5 Å². The van der Waals surface area contributed by atoms with Gasteiger partial charge in [0.2, 0.25) is 15.9 Å². The molecule has 2 atom stereocenters. The second-order valence-electron chi connectivity index (χ2n) is 9.09. The predicted molar refractivity (Wildman–Crippen MR) is 122 cm³/mol. The number of halogens is 4. The minimum Gasteiger partial charge on any atom is -0.350 e. The quantitative estimate of drug-likeness (QED) is 0.501. The molecule has 0 bridgehead atoms. The summed E-state index contributed by atoms with van der Waals surface area (Å²) in [5.74, 6) is -1.94. The molecule has 1 aromatic heterocycles. The van der Waals surface area contributed by atoms with Gasteiger partial charge in [0, 0.05) is 11.6 Å². The molecule has 1 aromatic carbocycles. The standard InChI is InChI=1S/C23H30F4N4O3S/c1-14(16-9-10-19(20(24)11-16)15(2)30-35(3,33)34)22(32)28-13-18-12-21(23(25,26)27)29-31(18)17-7-5-4-6-8-17/h9-12,14-15,17,30H,4-8,13H2,1-3H3,(H,28,32). The van der Waals surface area contributed by atoms with Gasteiger partial charge in [0.25, 0.3) is 0 Å². The summed E-state index contributed by atoms with van der Waals surface area (Å²) in [6.07, 6.45) is 0.701. The molecule has 2 aromatic rings. The molecule has 194 valence electrons. The lowest BCUT2D eigenvalue weighted by molar-refractivity contribution is -0.141. The monoisotopic (exact) mass is 518 g/mol. The van der Waals surface area contributed by atoms with Crippen molar-refractivity contribution in [2.75, 3.05) is 6.26 Å². The van der Waals surface area contributed by atoms with E-state index < -0.39 is 45.6 Å². The van der Waals surface area contributed by atoms with Gasteiger partial charge in [0.1, 0.15) is 5.82 Å².